The van der Waals surface area contributed by atoms with Crippen LogP contribution in [0.25, 0.3) is 5.57 Å². The molecule has 0 saturated heterocycles. The van der Waals surface area contributed by atoms with Crippen LogP contribution in [0, 0.1) is 6.92 Å². The predicted molar refractivity (Wildman–Crippen MR) is 95.0 cm³/mol. The van der Waals surface area contributed by atoms with Gasteiger partial charge in [0.25, 0.3) is 0 Å². The van der Waals surface area contributed by atoms with E-state index in [1.54, 1.807) is 0 Å². The van der Waals surface area contributed by atoms with Crippen LogP contribution in [0.3, 0.4) is 0 Å². The lowest BCUT2D eigenvalue weighted by atomic mass is 9.72. The summed E-state index contributed by atoms with van der Waals surface area (Å²) in [4.78, 5) is 11.8. The van der Waals surface area contributed by atoms with E-state index in [1.165, 1.54) is 39.6 Å². The topological polar surface area (TPSA) is 17.1 Å². The summed E-state index contributed by atoms with van der Waals surface area (Å²) < 4.78 is 0. The van der Waals surface area contributed by atoms with Crippen molar-refractivity contribution in [2.75, 3.05) is 0 Å². The normalized spacial score (nSPS) is 15.9. The predicted octanol–water partition coefficient (Wildman–Crippen LogP) is 5.39. The van der Waals surface area contributed by atoms with Crippen molar-refractivity contribution in [3.63, 3.8) is 0 Å². The minimum atomic E-state index is 0.133. The molecule has 1 nitrogen and oxygen atoms in total. The van der Waals surface area contributed by atoms with Crippen molar-refractivity contribution in [2.24, 2.45) is 0 Å². The van der Waals surface area contributed by atoms with Crippen molar-refractivity contribution in [1.82, 2.24) is 0 Å². The summed E-state index contributed by atoms with van der Waals surface area (Å²) in [6.07, 6.45) is 3.37. The molecule has 0 heterocycles. The Labute approximate surface area is 136 Å². The van der Waals surface area contributed by atoms with Gasteiger partial charge >= 0.3 is 0 Å². The van der Waals surface area contributed by atoms with Gasteiger partial charge in [-0.15, -0.1) is 0 Å². The van der Waals surface area contributed by atoms with E-state index in [1.807, 2.05) is 0 Å². The van der Waals surface area contributed by atoms with E-state index < -0.39 is 0 Å². The molecule has 2 aromatic rings. The van der Waals surface area contributed by atoms with Crippen LogP contribution in [0.2, 0.25) is 0 Å². The molecule has 2 heteroatoms. The van der Waals surface area contributed by atoms with Gasteiger partial charge in [0, 0.05) is 4.90 Å². The number of thioether (sulfide) groups is 1. The zero-order chi connectivity index (χ0) is 15.7. The van der Waals surface area contributed by atoms with E-state index in [9.17, 15) is 4.79 Å². The SMILES string of the molecule is Cc1ccc(C2=CCC(C)(C)c3ccc(SC=O)cc32)cc1. The second-order valence-corrected chi connectivity index (χ2v) is 7.39. The first kappa shape index (κ1) is 15.1. The molecule has 0 aromatic heterocycles. The minimum absolute atomic E-state index is 0.133. The Bertz CT molecular complexity index is 739. The molecule has 0 amide bonds. The summed E-state index contributed by atoms with van der Waals surface area (Å²) in [7, 11) is 0. The summed E-state index contributed by atoms with van der Waals surface area (Å²) in [5.74, 6) is 0. The van der Waals surface area contributed by atoms with Crippen LogP contribution in [-0.2, 0) is 10.2 Å². The molecule has 0 unspecified atom stereocenters. The molecular weight excluding hydrogens is 288 g/mol. The number of carbonyl (C=O) groups is 1. The average Bonchev–Trinajstić information content (AvgIpc) is 2.49. The molecule has 0 fully saturated rings. The highest BCUT2D eigenvalue weighted by Crippen LogP contribution is 2.42. The molecular formula is C20H20OS. The number of fused-ring (bicyclic) bond motifs is 1. The third-order valence-corrected chi connectivity index (χ3v) is 5.00. The fraction of sp³-hybridized carbons (Fsp3) is 0.250. The molecule has 0 saturated carbocycles. The molecule has 0 bridgehead atoms. The van der Waals surface area contributed by atoms with E-state index in [2.05, 4.69) is 69.3 Å². The van der Waals surface area contributed by atoms with Crippen LogP contribution in [0.5, 0.6) is 0 Å². The fourth-order valence-corrected chi connectivity index (χ4v) is 3.49. The van der Waals surface area contributed by atoms with Gasteiger partial charge in [-0.1, -0.05) is 67.6 Å². The summed E-state index contributed by atoms with van der Waals surface area (Å²) in [6.45, 7) is 6.66. The second kappa shape index (κ2) is 5.77. The Kier molecular flexibility index (Phi) is 3.96. The minimum Gasteiger partial charge on any atom is -0.291 e. The highest BCUT2D eigenvalue weighted by molar-refractivity contribution is 8.11. The molecule has 3 rings (SSSR count). The van der Waals surface area contributed by atoms with Crippen LogP contribution < -0.4 is 0 Å². The molecule has 0 radical (unpaired) electrons. The quantitative estimate of drug-likeness (QED) is 0.558. The van der Waals surface area contributed by atoms with Gasteiger partial charge in [0.1, 0.15) is 0 Å². The highest BCUT2D eigenvalue weighted by Gasteiger charge is 2.28. The standard InChI is InChI=1S/C20H20OS/c1-14-4-6-15(7-5-14)17-10-11-20(2,3)19-9-8-16(22-13-21)12-18(17)19/h4-10,12-13H,11H2,1-3H3. The van der Waals surface area contributed by atoms with Crippen molar-refractivity contribution in [1.29, 1.82) is 0 Å². The number of hydrogen-bond donors (Lipinski definition) is 0. The molecule has 1 aliphatic carbocycles. The molecule has 22 heavy (non-hydrogen) atoms. The van der Waals surface area contributed by atoms with Gasteiger partial charge in [-0.3, -0.25) is 4.79 Å². The van der Waals surface area contributed by atoms with Crippen LogP contribution in [0.4, 0.5) is 0 Å². The number of benzene rings is 2. The molecule has 112 valence electrons. The summed E-state index contributed by atoms with van der Waals surface area (Å²) in [6, 6.07) is 15.1. The maximum atomic E-state index is 10.8. The molecule has 0 N–H and O–H groups in total. The van der Waals surface area contributed by atoms with Crippen LogP contribution in [0.1, 0.15) is 42.5 Å². The maximum Gasteiger partial charge on any atom is 0.180 e. The second-order valence-electron chi connectivity index (χ2n) is 6.49. The molecule has 0 aliphatic heterocycles. The summed E-state index contributed by atoms with van der Waals surface area (Å²) >= 11 is 1.24. The van der Waals surface area contributed by atoms with Crippen LogP contribution in [-0.4, -0.2) is 5.62 Å². The summed E-state index contributed by atoms with van der Waals surface area (Å²) in [5.41, 5.74) is 7.44. The van der Waals surface area contributed by atoms with Gasteiger partial charge in [-0.2, -0.15) is 0 Å². The Balaban J connectivity index is 2.14. The van der Waals surface area contributed by atoms with Crippen molar-refractivity contribution >= 4 is 23.0 Å². The lowest BCUT2D eigenvalue weighted by Crippen LogP contribution is -2.21. The van der Waals surface area contributed by atoms with Gasteiger partial charge in [0.2, 0.25) is 0 Å². The van der Waals surface area contributed by atoms with Gasteiger partial charge in [0.05, 0.1) is 0 Å². The van der Waals surface area contributed by atoms with Crippen molar-refractivity contribution in [3.8, 4) is 0 Å². The van der Waals surface area contributed by atoms with E-state index in [4.69, 9.17) is 0 Å². The van der Waals surface area contributed by atoms with E-state index in [0.717, 1.165) is 16.9 Å². The van der Waals surface area contributed by atoms with Crippen LogP contribution in [0.15, 0.2) is 53.4 Å². The van der Waals surface area contributed by atoms with E-state index >= 15 is 0 Å². The van der Waals surface area contributed by atoms with Gasteiger partial charge < -0.3 is 0 Å². The smallest absolute Gasteiger partial charge is 0.180 e. The average molecular weight is 308 g/mol. The highest BCUT2D eigenvalue weighted by atomic mass is 32.2. The molecule has 2 aromatic carbocycles. The number of aryl methyl sites for hydroxylation is 1. The van der Waals surface area contributed by atoms with Crippen LogP contribution >= 0.6 is 11.8 Å². The first-order valence-corrected chi connectivity index (χ1v) is 8.42. The Hall–Kier alpha value is -1.80. The third-order valence-electron chi connectivity index (χ3n) is 4.37. The zero-order valence-corrected chi connectivity index (χ0v) is 14.0. The van der Waals surface area contributed by atoms with Gasteiger partial charge in [0.15, 0.2) is 5.62 Å². The first-order valence-electron chi connectivity index (χ1n) is 7.54. The lowest BCUT2D eigenvalue weighted by Gasteiger charge is -2.32. The van der Waals surface area contributed by atoms with Crippen molar-refractivity contribution < 1.29 is 4.79 Å². The van der Waals surface area contributed by atoms with Gasteiger partial charge in [-0.25, -0.2) is 0 Å². The monoisotopic (exact) mass is 308 g/mol. The number of allylic oxidation sites excluding steroid dienone is 1. The van der Waals surface area contributed by atoms with Crippen molar-refractivity contribution in [3.05, 3.63) is 70.8 Å². The number of rotatable bonds is 3. The maximum absolute atomic E-state index is 10.8. The lowest BCUT2D eigenvalue weighted by molar-refractivity contribution is 0.527. The molecule has 0 atom stereocenters. The Morgan fingerprint density at radius 1 is 1.09 bits per heavy atom. The number of hydrogen-bond acceptors (Lipinski definition) is 2. The molecule has 0 spiro atoms. The largest absolute Gasteiger partial charge is 0.291 e. The first-order chi connectivity index (χ1) is 10.5. The number of carbonyl (C=O) groups excluding carboxylic acids is 1. The van der Waals surface area contributed by atoms with Crippen molar-refractivity contribution in [2.45, 2.75) is 37.5 Å². The summed E-state index contributed by atoms with van der Waals surface area (Å²) in [5, 5.41) is 0. The zero-order valence-electron chi connectivity index (χ0n) is 13.2. The third kappa shape index (κ3) is 2.76. The Morgan fingerprint density at radius 3 is 2.50 bits per heavy atom. The van der Waals surface area contributed by atoms with E-state index in [-0.39, 0.29) is 5.41 Å². The van der Waals surface area contributed by atoms with E-state index in [0.29, 0.717) is 0 Å². The van der Waals surface area contributed by atoms with Gasteiger partial charge in [-0.05, 0) is 53.2 Å². The Morgan fingerprint density at radius 2 is 1.82 bits per heavy atom. The molecule has 1 aliphatic rings. The fourth-order valence-electron chi connectivity index (χ4n) is 3.05.